The molecule has 3 N–H and O–H groups in total. The Morgan fingerprint density at radius 2 is 2.19 bits per heavy atom. The van der Waals surface area contributed by atoms with Gasteiger partial charge in [0.05, 0.1) is 0 Å². The number of rotatable bonds is 2. The van der Waals surface area contributed by atoms with Crippen molar-refractivity contribution in [3.63, 3.8) is 0 Å². The van der Waals surface area contributed by atoms with Crippen molar-refractivity contribution in [2.24, 2.45) is 0 Å². The van der Waals surface area contributed by atoms with Crippen molar-refractivity contribution in [2.75, 3.05) is 11.1 Å². The molecule has 0 spiro atoms. The first-order valence-corrected chi connectivity index (χ1v) is 5.52. The first-order valence-electron chi connectivity index (χ1n) is 4.64. The molecule has 0 amide bonds. The van der Waals surface area contributed by atoms with E-state index in [1.807, 2.05) is 18.2 Å². The molecule has 2 aromatic heterocycles. The molecule has 0 bridgehead atoms. The van der Waals surface area contributed by atoms with Gasteiger partial charge in [-0.25, -0.2) is 0 Å². The maximum absolute atomic E-state index is 5.33. The van der Waals surface area contributed by atoms with Crippen LogP contribution >= 0.6 is 11.3 Å². The highest BCUT2D eigenvalue weighted by Gasteiger charge is 2.03. The molecule has 1 aromatic carbocycles. The zero-order valence-corrected chi connectivity index (χ0v) is 8.99. The van der Waals surface area contributed by atoms with Gasteiger partial charge in [-0.3, -0.25) is 0 Å². The average Bonchev–Trinajstić information content (AvgIpc) is 2.87. The Bertz CT molecular complexity index is 630. The Labute approximate surface area is 94.9 Å². The maximum atomic E-state index is 5.33. The first-order chi connectivity index (χ1) is 7.81. The van der Waals surface area contributed by atoms with E-state index in [0.717, 1.165) is 5.69 Å². The number of anilines is 3. The summed E-state index contributed by atoms with van der Waals surface area (Å²) >= 11 is 1.71. The van der Waals surface area contributed by atoms with E-state index in [4.69, 9.17) is 10.2 Å². The van der Waals surface area contributed by atoms with Crippen LogP contribution in [-0.4, -0.2) is 10.2 Å². The van der Waals surface area contributed by atoms with Gasteiger partial charge < -0.3 is 15.5 Å². The van der Waals surface area contributed by atoms with E-state index in [1.165, 1.54) is 10.1 Å². The smallest absolute Gasteiger partial charge is 0.321 e. The van der Waals surface area contributed by atoms with Crippen LogP contribution in [-0.2, 0) is 0 Å². The van der Waals surface area contributed by atoms with Gasteiger partial charge in [0.15, 0.2) is 0 Å². The van der Waals surface area contributed by atoms with Crippen molar-refractivity contribution in [3.05, 3.63) is 29.6 Å². The Balaban J connectivity index is 1.94. The average molecular weight is 232 g/mol. The molecule has 0 saturated carbocycles. The summed E-state index contributed by atoms with van der Waals surface area (Å²) < 4.78 is 6.27. The minimum atomic E-state index is 0.0547. The van der Waals surface area contributed by atoms with E-state index >= 15 is 0 Å². The molecule has 3 rings (SSSR count). The quantitative estimate of drug-likeness (QED) is 0.710. The summed E-state index contributed by atoms with van der Waals surface area (Å²) in [7, 11) is 0. The third-order valence-corrected chi connectivity index (χ3v) is 3.04. The highest BCUT2D eigenvalue weighted by atomic mass is 32.1. The maximum Gasteiger partial charge on any atom is 0.321 e. The summed E-state index contributed by atoms with van der Waals surface area (Å²) in [6, 6.07) is 8.44. The molecule has 0 fully saturated rings. The molecular formula is C10H8N4OS. The van der Waals surface area contributed by atoms with Crippen LogP contribution in [0, 0.1) is 0 Å². The van der Waals surface area contributed by atoms with Gasteiger partial charge in [-0.1, -0.05) is 10.2 Å². The largest absolute Gasteiger partial charge is 0.389 e. The highest BCUT2D eigenvalue weighted by molar-refractivity contribution is 7.17. The molecule has 3 aromatic rings. The molecule has 0 aliphatic carbocycles. The van der Waals surface area contributed by atoms with E-state index in [-0.39, 0.29) is 6.01 Å². The van der Waals surface area contributed by atoms with Crippen LogP contribution < -0.4 is 11.1 Å². The number of hydrogen-bond donors (Lipinski definition) is 2. The number of aromatic nitrogens is 2. The molecule has 0 saturated heterocycles. The zero-order chi connectivity index (χ0) is 11.0. The minimum absolute atomic E-state index is 0.0547. The topological polar surface area (TPSA) is 77.0 Å². The summed E-state index contributed by atoms with van der Waals surface area (Å²) in [6.45, 7) is 0. The van der Waals surface area contributed by atoms with Crippen molar-refractivity contribution in [1.82, 2.24) is 10.2 Å². The normalized spacial score (nSPS) is 10.8. The van der Waals surface area contributed by atoms with Gasteiger partial charge in [0.25, 0.3) is 0 Å². The predicted octanol–water partition coefficient (Wildman–Crippen LogP) is 2.61. The Kier molecular flexibility index (Phi) is 2.00. The van der Waals surface area contributed by atoms with E-state index in [1.54, 1.807) is 11.3 Å². The molecule has 16 heavy (non-hydrogen) atoms. The van der Waals surface area contributed by atoms with Gasteiger partial charge in [0.2, 0.25) is 0 Å². The lowest BCUT2D eigenvalue weighted by Gasteiger charge is -2.00. The van der Waals surface area contributed by atoms with Gasteiger partial charge in [-0.05, 0) is 35.0 Å². The molecule has 0 aliphatic rings. The summed E-state index contributed by atoms with van der Waals surface area (Å²) in [5.74, 6) is 0. The number of fused-ring (bicyclic) bond motifs is 1. The summed E-state index contributed by atoms with van der Waals surface area (Å²) in [4.78, 5) is 0. The fourth-order valence-electron chi connectivity index (χ4n) is 1.45. The molecule has 5 nitrogen and oxygen atoms in total. The van der Waals surface area contributed by atoms with Crippen molar-refractivity contribution in [2.45, 2.75) is 0 Å². The van der Waals surface area contributed by atoms with Crippen molar-refractivity contribution in [3.8, 4) is 0 Å². The minimum Gasteiger partial charge on any atom is -0.389 e. The van der Waals surface area contributed by atoms with E-state index in [9.17, 15) is 0 Å². The van der Waals surface area contributed by atoms with Crippen LogP contribution in [0.5, 0.6) is 0 Å². The third-order valence-electron chi connectivity index (χ3n) is 2.14. The number of nitrogens with two attached hydrogens (primary N) is 1. The second-order valence-corrected chi connectivity index (χ2v) is 4.19. The first kappa shape index (κ1) is 9.17. The molecular weight excluding hydrogens is 224 g/mol. The summed E-state index contributed by atoms with van der Waals surface area (Å²) in [5.41, 5.74) is 6.23. The van der Waals surface area contributed by atoms with Crippen LogP contribution in [0.15, 0.2) is 34.1 Å². The van der Waals surface area contributed by atoms with Crippen molar-refractivity contribution < 1.29 is 4.42 Å². The zero-order valence-electron chi connectivity index (χ0n) is 8.18. The van der Waals surface area contributed by atoms with Gasteiger partial charge in [0, 0.05) is 10.4 Å². The molecule has 80 valence electrons. The molecule has 6 heteroatoms. The summed E-state index contributed by atoms with van der Waals surface area (Å²) in [6.07, 6.45) is 0. The van der Waals surface area contributed by atoms with E-state index < -0.39 is 0 Å². The fourth-order valence-corrected chi connectivity index (χ4v) is 2.22. The number of benzene rings is 1. The molecule has 2 heterocycles. The van der Waals surface area contributed by atoms with E-state index in [2.05, 4.69) is 27.0 Å². The Morgan fingerprint density at radius 1 is 1.25 bits per heavy atom. The SMILES string of the molecule is Nc1nnc(Nc2ccc3sccc3c2)o1. The number of nitrogens with zero attached hydrogens (tertiary/aromatic N) is 2. The second-order valence-electron chi connectivity index (χ2n) is 3.24. The van der Waals surface area contributed by atoms with Crippen molar-refractivity contribution in [1.29, 1.82) is 0 Å². The fraction of sp³-hybridized carbons (Fsp3) is 0. The second kappa shape index (κ2) is 3.49. The lowest BCUT2D eigenvalue weighted by molar-refractivity contribution is 0.593. The molecule has 0 unspecified atom stereocenters. The van der Waals surface area contributed by atoms with Gasteiger partial charge in [-0.2, -0.15) is 0 Å². The van der Waals surface area contributed by atoms with Crippen LogP contribution in [0.3, 0.4) is 0 Å². The van der Waals surface area contributed by atoms with Crippen molar-refractivity contribution >= 4 is 39.1 Å². The van der Waals surface area contributed by atoms with Crippen LogP contribution in [0.2, 0.25) is 0 Å². The number of hydrogen-bond acceptors (Lipinski definition) is 6. The lowest BCUT2D eigenvalue weighted by atomic mass is 10.2. The monoisotopic (exact) mass is 232 g/mol. The van der Waals surface area contributed by atoms with Crippen LogP contribution in [0.1, 0.15) is 0 Å². The van der Waals surface area contributed by atoms with Crippen LogP contribution in [0.4, 0.5) is 17.7 Å². The number of nitrogens with one attached hydrogen (secondary N) is 1. The highest BCUT2D eigenvalue weighted by Crippen LogP contribution is 2.25. The number of thiophene rings is 1. The Morgan fingerprint density at radius 3 is 3.00 bits per heavy atom. The third kappa shape index (κ3) is 1.59. The number of nitrogen functional groups attached to an aromatic ring is 1. The van der Waals surface area contributed by atoms with Crippen LogP contribution in [0.25, 0.3) is 10.1 Å². The molecule has 0 radical (unpaired) electrons. The van der Waals surface area contributed by atoms with E-state index in [0.29, 0.717) is 6.01 Å². The predicted molar refractivity (Wildman–Crippen MR) is 63.8 cm³/mol. The van der Waals surface area contributed by atoms with Gasteiger partial charge in [0.1, 0.15) is 0 Å². The molecule has 0 aliphatic heterocycles. The summed E-state index contributed by atoms with van der Waals surface area (Å²) in [5, 5.41) is 13.5. The standard InChI is InChI=1S/C10H8N4OS/c11-9-13-14-10(15-9)12-7-1-2-8-6(5-7)3-4-16-8/h1-5H,(H2,11,13)(H,12,14). The van der Waals surface area contributed by atoms with Gasteiger partial charge in [-0.15, -0.1) is 11.3 Å². The van der Waals surface area contributed by atoms with Gasteiger partial charge >= 0.3 is 12.0 Å². The lowest BCUT2D eigenvalue weighted by Crippen LogP contribution is -1.89. The molecule has 0 atom stereocenters. The Hall–Kier alpha value is -2.08.